The lowest BCUT2D eigenvalue weighted by atomic mass is 10.1. The van der Waals surface area contributed by atoms with Gasteiger partial charge in [-0.1, -0.05) is 6.07 Å². The van der Waals surface area contributed by atoms with Crippen molar-refractivity contribution in [3.05, 3.63) is 23.8 Å². The minimum Gasteiger partial charge on any atom is -0.482 e. The van der Waals surface area contributed by atoms with E-state index in [4.69, 9.17) is 9.84 Å². The molecule has 0 atom stereocenters. The van der Waals surface area contributed by atoms with E-state index in [-0.39, 0.29) is 12.5 Å². The fourth-order valence-electron chi connectivity index (χ4n) is 1.87. The monoisotopic (exact) mass is 264 g/mol. The fraction of sp³-hybridized carbons (Fsp3) is 0.385. The molecule has 0 unspecified atom stereocenters. The number of nitrogens with zero attached hydrogens (tertiary/aromatic N) is 2. The Balaban J connectivity index is 2.12. The van der Waals surface area contributed by atoms with Crippen LogP contribution < -0.4 is 9.64 Å². The number of carboxylic acid groups (broad SMARTS) is 1. The highest BCUT2D eigenvalue weighted by atomic mass is 16.5. The molecule has 0 spiro atoms. The Kier molecular flexibility index (Phi) is 3.59. The first-order valence-electron chi connectivity index (χ1n) is 5.95. The van der Waals surface area contributed by atoms with Crippen molar-refractivity contribution in [2.45, 2.75) is 6.42 Å². The van der Waals surface area contributed by atoms with Gasteiger partial charge in [-0.25, -0.2) is 4.79 Å². The van der Waals surface area contributed by atoms with Crippen LogP contribution in [0.4, 0.5) is 10.5 Å². The quantitative estimate of drug-likeness (QED) is 0.890. The third kappa shape index (κ3) is 2.78. The first-order chi connectivity index (χ1) is 8.99. The molecule has 6 heteroatoms. The zero-order valence-corrected chi connectivity index (χ0v) is 10.9. The molecular formula is C13H16N2O4. The van der Waals surface area contributed by atoms with E-state index < -0.39 is 6.09 Å². The third-order valence-corrected chi connectivity index (χ3v) is 3.17. The number of benzene rings is 1. The predicted molar refractivity (Wildman–Crippen MR) is 69.7 cm³/mol. The summed E-state index contributed by atoms with van der Waals surface area (Å²) >= 11 is 0. The Morgan fingerprint density at radius 2 is 2.26 bits per heavy atom. The summed E-state index contributed by atoms with van der Waals surface area (Å²) in [5, 5.41) is 8.78. The van der Waals surface area contributed by atoms with E-state index >= 15 is 0 Å². The second-order valence-electron chi connectivity index (χ2n) is 4.50. The van der Waals surface area contributed by atoms with Gasteiger partial charge in [-0.3, -0.25) is 4.79 Å². The van der Waals surface area contributed by atoms with Crippen molar-refractivity contribution in [1.82, 2.24) is 4.90 Å². The number of hydrogen-bond donors (Lipinski definition) is 1. The van der Waals surface area contributed by atoms with Crippen LogP contribution in [-0.2, 0) is 11.2 Å². The number of carbonyl (C=O) groups excluding carboxylic acids is 1. The molecule has 6 nitrogen and oxygen atoms in total. The van der Waals surface area contributed by atoms with Gasteiger partial charge in [0.25, 0.3) is 5.91 Å². The number of amides is 2. The van der Waals surface area contributed by atoms with Crippen LogP contribution in [0.25, 0.3) is 0 Å². The summed E-state index contributed by atoms with van der Waals surface area (Å²) in [6.07, 6.45) is -0.355. The zero-order chi connectivity index (χ0) is 14.0. The van der Waals surface area contributed by atoms with Crippen LogP contribution in [0.5, 0.6) is 5.75 Å². The second kappa shape index (κ2) is 5.17. The van der Waals surface area contributed by atoms with Crippen LogP contribution >= 0.6 is 0 Å². The van der Waals surface area contributed by atoms with Crippen molar-refractivity contribution in [3.63, 3.8) is 0 Å². The maximum Gasteiger partial charge on any atom is 0.407 e. The molecule has 1 aliphatic rings. The molecule has 1 heterocycles. The van der Waals surface area contributed by atoms with Crippen LogP contribution in [-0.4, -0.2) is 49.3 Å². The molecule has 19 heavy (non-hydrogen) atoms. The Bertz CT molecular complexity index is 515. The molecule has 1 N–H and O–H groups in total. The lowest BCUT2D eigenvalue weighted by Crippen LogP contribution is -2.35. The molecule has 0 fully saturated rings. The van der Waals surface area contributed by atoms with Crippen molar-refractivity contribution >= 4 is 17.7 Å². The lowest BCUT2D eigenvalue weighted by Gasteiger charge is -2.26. The van der Waals surface area contributed by atoms with Gasteiger partial charge in [-0.05, 0) is 24.1 Å². The number of ether oxygens (including phenoxy) is 1. The van der Waals surface area contributed by atoms with Crippen molar-refractivity contribution < 1.29 is 19.4 Å². The summed E-state index contributed by atoms with van der Waals surface area (Å²) < 4.78 is 5.33. The van der Waals surface area contributed by atoms with Gasteiger partial charge < -0.3 is 19.6 Å². The van der Waals surface area contributed by atoms with Gasteiger partial charge in [-0.2, -0.15) is 0 Å². The van der Waals surface area contributed by atoms with Crippen LogP contribution in [0.1, 0.15) is 5.56 Å². The van der Waals surface area contributed by atoms with E-state index in [0.29, 0.717) is 18.7 Å². The second-order valence-corrected chi connectivity index (χ2v) is 4.50. The normalized spacial score (nSPS) is 13.8. The Labute approximate surface area is 111 Å². The lowest BCUT2D eigenvalue weighted by molar-refractivity contribution is -0.120. The molecule has 0 aliphatic carbocycles. The topological polar surface area (TPSA) is 70.1 Å². The molecule has 0 saturated heterocycles. The maximum atomic E-state index is 11.5. The number of likely N-dealkylation sites (N-methyl/N-ethyl adjacent to an activating group) is 2. The van der Waals surface area contributed by atoms with E-state index in [1.165, 1.54) is 11.9 Å². The average molecular weight is 264 g/mol. The summed E-state index contributed by atoms with van der Waals surface area (Å²) in [5.41, 5.74) is 1.70. The molecule has 0 aromatic heterocycles. The molecular weight excluding hydrogens is 248 g/mol. The molecule has 2 rings (SSSR count). The van der Waals surface area contributed by atoms with E-state index in [0.717, 1.165) is 11.3 Å². The summed E-state index contributed by atoms with van der Waals surface area (Å²) in [6, 6.07) is 5.56. The van der Waals surface area contributed by atoms with E-state index in [1.54, 1.807) is 11.9 Å². The first-order valence-corrected chi connectivity index (χ1v) is 5.95. The van der Waals surface area contributed by atoms with E-state index in [2.05, 4.69) is 0 Å². The number of carbonyl (C=O) groups is 2. The molecule has 1 aromatic rings. The summed E-state index contributed by atoms with van der Waals surface area (Å²) in [6.45, 7) is 0.469. The molecule has 0 saturated carbocycles. The molecule has 102 valence electrons. The van der Waals surface area contributed by atoms with Crippen LogP contribution in [0, 0.1) is 0 Å². The first kappa shape index (κ1) is 13.2. The van der Waals surface area contributed by atoms with Gasteiger partial charge >= 0.3 is 6.09 Å². The van der Waals surface area contributed by atoms with Crippen LogP contribution in [0.15, 0.2) is 18.2 Å². The van der Waals surface area contributed by atoms with Gasteiger partial charge in [0, 0.05) is 20.6 Å². The SMILES string of the molecule is CN(CCc1ccc2c(c1)N(C)C(=O)CO2)C(=O)O. The number of anilines is 1. The third-order valence-electron chi connectivity index (χ3n) is 3.17. The van der Waals surface area contributed by atoms with Crippen molar-refractivity contribution in [1.29, 1.82) is 0 Å². The predicted octanol–water partition coefficient (Wildman–Crippen LogP) is 1.19. The molecule has 0 radical (unpaired) electrons. The summed E-state index contributed by atoms with van der Waals surface area (Å²) in [7, 11) is 3.23. The van der Waals surface area contributed by atoms with Crippen molar-refractivity contribution in [2.24, 2.45) is 0 Å². The van der Waals surface area contributed by atoms with E-state index in [9.17, 15) is 9.59 Å². The average Bonchev–Trinajstić information content (AvgIpc) is 2.40. The Morgan fingerprint density at radius 3 is 2.95 bits per heavy atom. The smallest absolute Gasteiger partial charge is 0.407 e. The van der Waals surface area contributed by atoms with Gasteiger partial charge in [-0.15, -0.1) is 0 Å². The van der Waals surface area contributed by atoms with Gasteiger partial charge in [0.1, 0.15) is 5.75 Å². The van der Waals surface area contributed by atoms with Gasteiger partial charge in [0.05, 0.1) is 5.69 Å². The number of hydrogen-bond acceptors (Lipinski definition) is 3. The highest BCUT2D eigenvalue weighted by molar-refractivity contribution is 5.97. The minimum absolute atomic E-state index is 0.0601. The summed E-state index contributed by atoms with van der Waals surface area (Å²) in [4.78, 5) is 25.0. The van der Waals surface area contributed by atoms with Crippen molar-refractivity contribution in [2.75, 3.05) is 32.1 Å². The molecule has 2 amide bonds. The minimum atomic E-state index is -0.950. The van der Waals surface area contributed by atoms with Gasteiger partial charge in [0.2, 0.25) is 0 Å². The standard InChI is InChI=1S/C13H16N2O4/c1-14(13(17)18)6-5-9-3-4-11-10(7-9)15(2)12(16)8-19-11/h3-4,7H,5-6,8H2,1-2H3,(H,17,18). The highest BCUT2D eigenvalue weighted by Crippen LogP contribution is 2.32. The molecule has 0 bridgehead atoms. The Hall–Kier alpha value is -2.24. The summed E-state index contributed by atoms with van der Waals surface area (Å²) in [5.74, 6) is 0.588. The van der Waals surface area contributed by atoms with Crippen LogP contribution in [0.3, 0.4) is 0 Å². The molecule has 1 aromatic carbocycles. The van der Waals surface area contributed by atoms with Gasteiger partial charge in [0.15, 0.2) is 6.61 Å². The number of rotatable bonds is 3. The largest absolute Gasteiger partial charge is 0.482 e. The zero-order valence-electron chi connectivity index (χ0n) is 10.9. The maximum absolute atomic E-state index is 11.5. The Morgan fingerprint density at radius 1 is 1.53 bits per heavy atom. The fourth-order valence-corrected chi connectivity index (χ4v) is 1.87. The highest BCUT2D eigenvalue weighted by Gasteiger charge is 2.22. The van der Waals surface area contributed by atoms with Crippen LogP contribution in [0.2, 0.25) is 0 Å². The number of fused-ring (bicyclic) bond motifs is 1. The van der Waals surface area contributed by atoms with E-state index in [1.807, 2.05) is 18.2 Å². The molecule has 1 aliphatic heterocycles. The van der Waals surface area contributed by atoms with Crippen molar-refractivity contribution in [3.8, 4) is 5.75 Å².